The fourth-order valence-electron chi connectivity index (χ4n) is 4.57. The van der Waals surface area contributed by atoms with Gasteiger partial charge in [0.05, 0.1) is 0 Å². The molecule has 0 bridgehead atoms. The Morgan fingerprint density at radius 3 is 1.81 bits per heavy atom. The van der Waals surface area contributed by atoms with E-state index in [0.717, 1.165) is 11.1 Å². The molecule has 9 heteroatoms. The molecule has 0 heterocycles. The van der Waals surface area contributed by atoms with Crippen molar-refractivity contribution >= 4 is 23.9 Å². The lowest BCUT2D eigenvalue weighted by molar-refractivity contribution is -0.150. The van der Waals surface area contributed by atoms with Crippen molar-refractivity contribution in [1.82, 2.24) is 15.5 Å². The van der Waals surface area contributed by atoms with Crippen LogP contribution in [0.15, 0.2) is 60.7 Å². The fraction of sp³-hybridized carbons (Fsp3) is 0.529. The lowest BCUT2D eigenvalue weighted by Crippen LogP contribution is -2.57. The van der Waals surface area contributed by atoms with E-state index in [1.54, 1.807) is 27.8 Å². The van der Waals surface area contributed by atoms with Crippen LogP contribution in [-0.4, -0.2) is 59.6 Å². The molecular formula is C34H49N3O6. The molecule has 0 unspecified atom stereocenters. The van der Waals surface area contributed by atoms with Crippen LogP contribution in [0.3, 0.4) is 0 Å². The van der Waals surface area contributed by atoms with E-state index in [1.165, 1.54) is 4.90 Å². The molecule has 0 saturated carbocycles. The number of nitrogens with zero attached hydrogens (tertiary/aromatic N) is 1. The molecule has 0 fully saturated rings. The first-order valence-corrected chi connectivity index (χ1v) is 15.0. The zero-order valence-electron chi connectivity index (χ0n) is 26.9. The number of amides is 3. The SMILES string of the molecule is CC(C)C[C@H](NC(=O)[C@H](CC(C)C)N(C)C(=O)[C@H](Cc1ccccc1)NC(=O)OC(C)(C)C)C(=O)OCc1ccccc1. The van der Waals surface area contributed by atoms with E-state index in [4.69, 9.17) is 9.47 Å². The van der Waals surface area contributed by atoms with E-state index >= 15 is 0 Å². The maximum absolute atomic E-state index is 13.9. The number of benzene rings is 2. The smallest absolute Gasteiger partial charge is 0.408 e. The van der Waals surface area contributed by atoms with Gasteiger partial charge in [-0.15, -0.1) is 0 Å². The fourth-order valence-corrected chi connectivity index (χ4v) is 4.57. The van der Waals surface area contributed by atoms with Crippen molar-refractivity contribution < 1.29 is 28.7 Å². The summed E-state index contributed by atoms with van der Waals surface area (Å²) >= 11 is 0. The molecule has 0 radical (unpaired) electrons. The Kier molecular flexibility index (Phi) is 13.7. The number of hydrogen-bond donors (Lipinski definition) is 2. The predicted molar refractivity (Wildman–Crippen MR) is 167 cm³/mol. The zero-order chi connectivity index (χ0) is 32.2. The first-order chi connectivity index (χ1) is 20.2. The van der Waals surface area contributed by atoms with E-state index < -0.39 is 47.6 Å². The number of alkyl carbamates (subject to hydrolysis) is 1. The molecule has 236 valence electrons. The van der Waals surface area contributed by atoms with Crippen molar-refractivity contribution in [2.24, 2.45) is 11.8 Å². The van der Waals surface area contributed by atoms with Gasteiger partial charge in [-0.05, 0) is 56.6 Å². The van der Waals surface area contributed by atoms with Gasteiger partial charge in [-0.2, -0.15) is 0 Å². The van der Waals surface area contributed by atoms with Gasteiger partial charge in [-0.1, -0.05) is 88.4 Å². The Bertz CT molecular complexity index is 1180. The van der Waals surface area contributed by atoms with Crippen molar-refractivity contribution in [3.8, 4) is 0 Å². The van der Waals surface area contributed by atoms with E-state index in [2.05, 4.69) is 10.6 Å². The van der Waals surface area contributed by atoms with Crippen LogP contribution in [0.1, 0.15) is 72.4 Å². The van der Waals surface area contributed by atoms with Gasteiger partial charge in [0.1, 0.15) is 30.3 Å². The average molecular weight is 596 g/mol. The van der Waals surface area contributed by atoms with E-state index in [0.29, 0.717) is 12.8 Å². The molecule has 3 atom stereocenters. The normalized spacial score (nSPS) is 13.5. The number of carbonyl (C=O) groups is 4. The second-order valence-electron chi connectivity index (χ2n) is 12.8. The van der Waals surface area contributed by atoms with Crippen molar-refractivity contribution in [1.29, 1.82) is 0 Å². The van der Waals surface area contributed by atoms with Gasteiger partial charge in [-0.25, -0.2) is 9.59 Å². The van der Waals surface area contributed by atoms with Crippen LogP contribution in [0.2, 0.25) is 0 Å². The Balaban J connectivity index is 2.27. The molecule has 0 aliphatic carbocycles. The van der Waals surface area contributed by atoms with E-state index in [-0.39, 0.29) is 24.9 Å². The van der Waals surface area contributed by atoms with Gasteiger partial charge >= 0.3 is 12.1 Å². The molecule has 2 N–H and O–H groups in total. The van der Waals surface area contributed by atoms with Crippen molar-refractivity contribution in [2.75, 3.05) is 7.05 Å². The molecule has 2 aromatic carbocycles. The Labute approximate surface area is 256 Å². The zero-order valence-corrected chi connectivity index (χ0v) is 26.9. The van der Waals surface area contributed by atoms with Crippen LogP contribution in [0.4, 0.5) is 4.79 Å². The number of hydrogen-bond acceptors (Lipinski definition) is 6. The number of carbonyl (C=O) groups excluding carboxylic acids is 4. The average Bonchev–Trinajstić information content (AvgIpc) is 2.92. The standard InChI is InChI=1S/C34H49N3O6/c1-23(2)19-28(32(40)42-22-26-17-13-10-14-18-26)35-30(38)29(20-24(3)4)37(8)31(39)27(21-25-15-11-9-12-16-25)36-33(41)43-34(5,6)7/h9-18,23-24,27-29H,19-22H2,1-8H3,(H,35,38)(H,36,41)/t27-,28-,29-/m0/s1. The lowest BCUT2D eigenvalue weighted by Gasteiger charge is -2.33. The molecule has 0 aliphatic heterocycles. The predicted octanol–water partition coefficient (Wildman–Crippen LogP) is 5.27. The molecular weight excluding hydrogens is 546 g/mol. The number of ether oxygens (including phenoxy) is 2. The first kappa shape index (κ1) is 35.3. The Hall–Kier alpha value is -3.88. The highest BCUT2D eigenvalue weighted by atomic mass is 16.6. The van der Waals surface area contributed by atoms with Crippen molar-refractivity contribution in [3.05, 3.63) is 71.8 Å². The summed E-state index contributed by atoms with van der Waals surface area (Å²) in [4.78, 5) is 54.9. The molecule has 2 aromatic rings. The van der Waals surface area contributed by atoms with Gasteiger partial charge in [0.2, 0.25) is 11.8 Å². The van der Waals surface area contributed by atoms with Crippen LogP contribution >= 0.6 is 0 Å². The first-order valence-electron chi connectivity index (χ1n) is 15.0. The Morgan fingerprint density at radius 2 is 1.30 bits per heavy atom. The third kappa shape index (κ3) is 12.9. The quantitative estimate of drug-likeness (QED) is 0.288. The molecule has 43 heavy (non-hydrogen) atoms. The monoisotopic (exact) mass is 595 g/mol. The summed E-state index contributed by atoms with van der Waals surface area (Å²) in [5.41, 5.74) is 0.931. The summed E-state index contributed by atoms with van der Waals surface area (Å²) < 4.78 is 11.0. The summed E-state index contributed by atoms with van der Waals surface area (Å²) in [5, 5.41) is 5.58. The van der Waals surface area contributed by atoms with Crippen molar-refractivity contribution in [3.63, 3.8) is 0 Å². The van der Waals surface area contributed by atoms with Gasteiger partial charge in [0.25, 0.3) is 0 Å². The maximum Gasteiger partial charge on any atom is 0.408 e. The minimum atomic E-state index is -0.980. The Morgan fingerprint density at radius 1 is 0.767 bits per heavy atom. The summed E-state index contributed by atoms with van der Waals surface area (Å²) in [7, 11) is 1.55. The summed E-state index contributed by atoms with van der Waals surface area (Å²) in [6, 6.07) is 15.9. The molecule has 0 saturated heterocycles. The molecule has 0 spiro atoms. The highest BCUT2D eigenvalue weighted by molar-refractivity contribution is 5.93. The van der Waals surface area contributed by atoms with Crippen LogP contribution < -0.4 is 10.6 Å². The third-order valence-electron chi connectivity index (χ3n) is 6.62. The van der Waals surface area contributed by atoms with E-state index in [9.17, 15) is 19.2 Å². The number of nitrogens with one attached hydrogen (secondary N) is 2. The van der Waals surface area contributed by atoms with Crippen LogP contribution in [0.25, 0.3) is 0 Å². The van der Waals surface area contributed by atoms with Crippen molar-refractivity contribution in [2.45, 2.75) is 98.1 Å². The molecule has 0 aliphatic rings. The second-order valence-corrected chi connectivity index (χ2v) is 12.8. The molecule has 0 aromatic heterocycles. The van der Waals surface area contributed by atoms with Crippen LogP contribution in [0, 0.1) is 11.8 Å². The largest absolute Gasteiger partial charge is 0.459 e. The van der Waals surface area contributed by atoms with Gasteiger partial charge in [0, 0.05) is 13.5 Å². The number of likely N-dealkylation sites (N-methyl/N-ethyl adjacent to an activating group) is 1. The summed E-state index contributed by atoms with van der Waals surface area (Å²) in [5.74, 6) is -1.27. The minimum absolute atomic E-state index is 0.0611. The summed E-state index contributed by atoms with van der Waals surface area (Å²) in [6.45, 7) is 13.2. The van der Waals surface area contributed by atoms with E-state index in [1.807, 2.05) is 88.4 Å². The molecule has 2 rings (SSSR count). The maximum atomic E-state index is 13.9. The highest BCUT2D eigenvalue weighted by Gasteiger charge is 2.35. The minimum Gasteiger partial charge on any atom is -0.459 e. The van der Waals surface area contributed by atoms with Crippen LogP contribution in [-0.2, 0) is 36.9 Å². The number of rotatable bonds is 14. The van der Waals surface area contributed by atoms with Gasteiger partial charge < -0.3 is 25.0 Å². The van der Waals surface area contributed by atoms with Gasteiger partial charge in [-0.3, -0.25) is 9.59 Å². The number of esters is 1. The lowest BCUT2D eigenvalue weighted by atomic mass is 9.98. The van der Waals surface area contributed by atoms with Gasteiger partial charge in [0.15, 0.2) is 0 Å². The van der Waals surface area contributed by atoms with Crippen LogP contribution in [0.5, 0.6) is 0 Å². The topological polar surface area (TPSA) is 114 Å². The third-order valence-corrected chi connectivity index (χ3v) is 6.62. The molecule has 9 nitrogen and oxygen atoms in total. The molecule has 3 amide bonds. The summed E-state index contributed by atoms with van der Waals surface area (Å²) in [6.07, 6.45) is 0.216. The second kappa shape index (κ2) is 16.7. The highest BCUT2D eigenvalue weighted by Crippen LogP contribution is 2.17.